The zero-order valence-corrected chi connectivity index (χ0v) is 16.7. The molecule has 0 aliphatic heterocycles. The molecule has 3 rings (SSSR count). The van der Waals surface area contributed by atoms with Crippen LogP contribution in [0, 0.1) is 17.6 Å². The summed E-state index contributed by atoms with van der Waals surface area (Å²) < 4.78 is 57.8. The molecule has 0 radical (unpaired) electrons. The third-order valence-corrected chi connectivity index (χ3v) is 5.26. The predicted octanol–water partition coefficient (Wildman–Crippen LogP) is 2.85. The van der Waals surface area contributed by atoms with Gasteiger partial charge in [-0.25, -0.2) is 27.3 Å². The summed E-state index contributed by atoms with van der Waals surface area (Å²) in [6, 6.07) is 2.21. The second-order valence-corrected chi connectivity index (χ2v) is 7.72. The molecule has 1 saturated carbocycles. The first-order valence-electron chi connectivity index (χ1n) is 8.60. The first-order chi connectivity index (χ1) is 14.1. The van der Waals surface area contributed by atoms with Crippen LogP contribution < -0.4 is 22.1 Å². The molecule has 1 fully saturated rings. The fraction of sp³-hybridized carbons (Fsp3) is 0.278. The highest BCUT2D eigenvalue weighted by molar-refractivity contribution is 9.10. The Morgan fingerprint density at radius 3 is 2.43 bits per heavy atom. The normalized spacial score (nSPS) is 19.8. The Morgan fingerprint density at radius 1 is 1.27 bits per heavy atom. The van der Waals surface area contributed by atoms with E-state index in [1.165, 1.54) is 18.3 Å². The molecule has 160 valence electrons. The van der Waals surface area contributed by atoms with Crippen molar-refractivity contribution in [1.29, 1.82) is 0 Å². The van der Waals surface area contributed by atoms with Crippen LogP contribution in [0.5, 0.6) is 0 Å². The van der Waals surface area contributed by atoms with E-state index in [9.17, 15) is 27.2 Å². The molecule has 6 N–H and O–H groups in total. The summed E-state index contributed by atoms with van der Waals surface area (Å²) in [7, 11) is 0. The number of hydrogen-bond acceptors (Lipinski definition) is 4. The lowest BCUT2D eigenvalue weighted by Crippen LogP contribution is -2.56. The van der Waals surface area contributed by atoms with Crippen molar-refractivity contribution in [3.8, 4) is 0 Å². The van der Waals surface area contributed by atoms with Gasteiger partial charge in [0.2, 0.25) is 0 Å². The number of carbonyl (C=O) groups excluding carboxylic acids is 2. The van der Waals surface area contributed by atoms with Gasteiger partial charge in [0.15, 0.2) is 11.6 Å². The predicted molar refractivity (Wildman–Crippen MR) is 103 cm³/mol. The van der Waals surface area contributed by atoms with Crippen LogP contribution in [0.15, 0.2) is 34.9 Å². The van der Waals surface area contributed by atoms with Crippen LogP contribution in [0.1, 0.15) is 22.5 Å². The molecule has 0 saturated heterocycles. The van der Waals surface area contributed by atoms with Gasteiger partial charge in [-0.15, -0.1) is 0 Å². The topological polar surface area (TPSA) is 123 Å². The Balaban J connectivity index is 2.05. The van der Waals surface area contributed by atoms with Gasteiger partial charge in [-0.3, -0.25) is 4.79 Å². The van der Waals surface area contributed by atoms with E-state index in [-0.39, 0.29) is 17.8 Å². The minimum atomic E-state index is -3.36. The number of nitrogens with one attached hydrogen (secondary N) is 2. The number of alkyl halides is 2. The number of amides is 3. The molecule has 1 aliphatic rings. The highest BCUT2D eigenvalue weighted by atomic mass is 79.9. The molecule has 1 heterocycles. The number of pyridine rings is 1. The first kappa shape index (κ1) is 22.0. The fourth-order valence-electron chi connectivity index (χ4n) is 3.30. The van der Waals surface area contributed by atoms with Gasteiger partial charge in [-0.05, 0) is 40.5 Å². The zero-order chi connectivity index (χ0) is 22.2. The van der Waals surface area contributed by atoms with Crippen molar-refractivity contribution in [2.45, 2.75) is 24.4 Å². The smallest absolute Gasteiger partial charge is 0.313 e. The first-order valence-corrected chi connectivity index (χ1v) is 9.39. The molecule has 30 heavy (non-hydrogen) atoms. The number of nitrogens with zero attached hydrogens (tertiary/aromatic N) is 1. The molecule has 0 bridgehead atoms. The van der Waals surface area contributed by atoms with Crippen LogP contribution in [0.25, 0.3) is 0 Å². The number of urea groups is 1. The van der Waals surface area contributed by atoms with Crippen LogP contribution in [-0.4, -0.2) is 29.4 Å². The molecule has 1 aliphatic carbocycles. The highest BCUT2D eigenvalue weighted by Gasteiger charge is 2.60. The van der Waals surface area contributed by atoms with E-state index in [4.69, 9.17) is 11.5 Å². The number of benzene rings is 1. The molecule has 3 amide bonds. The van der Waals surface area contributed by atoms with Crippen LogP contribution in [-0.2, 0) is 5.54 Å². The molecule has 1 aromatic heterocycles. The van der Waals surface area contributed by atoms with Crippen LogP contribution >= 0.6 is 15.9 Å². The maximum absolute atomic E-state index is 14.6. The van der Waals surface area contributed by atoms with Crippen LogP contribution in [0.4, 0.5) is 28.0 Å². The van der Waals surface area contributed by atoms with E-state index in [1.54, 1.807) is 0 Å². The maximum atomic E-state index is 14.6. The summed E-state index contributed by atoms with van der Waals surface area (Å²) >= 11 is 3.16. The lowest BCUT2D eigenvalue weighted by molar-refractivity contribution is 0.0167. The number of carbonyl (C=O) groups is 2. The Bertz CT molecular complexity index is 991. The van der Waals surface area contributed by atoms with Gasteiger partial charge in [0, 0.05) is 39.9 Å². The van der Waals surface area contributed by atoms with Crippen molar-refractivity contribution < 1.29 is 27.2 Å². The van der Waals surface area contributed by atoms with Crippen LogP contribution in [0.3, 0.4) is 0 Å². The second-order valence-electron chi connectivity index (χ2n) is 6.80. The number of hydrogen-bond donors (Lipinski definition) is 4. The highest BCUT2D eigenvalue weighted by Crippen LogP contribution is 2.49. The summed E-state index contributed by atoms with van der Waals surface area (Å²) in [6.45, 7) is 0. The lowest BCUT2D eigenvalue weighted by Gasteiger charge is -2.35. The molecule has 1 aromatic carbocycles. The molecule has 2 aromatic rings. The summed E-state index contributed by atoms with van der Waals surface area (Å²) in [6.07, 6.45) is -1.99. The van der Waals surface area contributed by atoms with Gasteiger partial charge in [0.05, 0.1) is 0 Å². The number of halogens is 5. The van der Waals surface area contributed by atoms with Crippen molar-refractivity contribution in [3.05, 3.63) is 57.8 Å². The SMILES string of the molecule is NC(=O)N[C@@](c1cc(NC(=O)c2ccc(Br)cn2)cc(F)c1F)(C(F)F)[C@H]1C[C@H]1N. The Kier molecular flexibility index (Phi) is 5.99. The van der Waals surface area contributed by atoms with E-state index in [1.807, 2.05) is 5.32 Å². The molecule has 0 spiro atoms. The maximum Gasteiger partial charge on any atom is 0.313 e. The van der Waals surface area contributed by atoms with Gasteiger partial charge in [-0.2, -0.15) is 0 Å². The van der Waals surface area contributed by atoms with Gasteiger partial charge in [0.1, 0.15) is 11.2 Å². The van der Waals surface area contributed by atoms with Gasteiger partial charge in [0.25, 0.3) is 12.3 Å². The summed E-state index contributed by atoms with van der Waals surface area (Å²) in [4.78, 5) is 27.6. The van der Waals surface area contributed by atoms with Crippen molar-refractivity contribution in [2.24, 2.45) is 17.4 Å². The van der Waals surface area contributed by atoms with E-state index in [2.05, 4.69) is 26.2 Å². The van der Waals surface area contributed by atoms with Crippen molar-refractivity contribution in [2.75, 3.05) is 5.32 Å². The lowest BCUT2D eigenvalue weighted by atomic mass is 9.83. The van der Waals surface area contributed by atoms with E-state index < -0.39 is 53.1 Å². The zero-order valence-electron chi connectivity index (χ0n) is 15.1. The Morgan fingerprint density at radius 2 is 1.93 bits per heavy atom. The van der Waals surface area contributed by atoms with Gasteiger partial charge in [-0.1, -0.05) is 0 Å². The monoisotopic (exact) mass is 489 g/mol. The molecule has 3 atom stereocenters. The largest absolute Gasteiger partial charge is 0.352 e. The van der Waals surface area contributed by atoms with Gasteiger partial charge < -0.3 is 22.1 Å². The second kappa shape index (κ2) is 8.19. The summed E-state index contributed by atoms with van der Waals surface area (Å²) in [5.74, 6) is -4.98. The third kappa shape index (κ3) is 4.10. The fourth-order valence-corrected chi connectivity index (χ4v) is 3.54. The van der Waals surface area contributed by atoms with Crippen molar-refractivity contribution in [3.63, 3.8) is 0 Å². The van der Waals surface area contributed by atoms with Crippen molar-refractivity contribution >= 4 is 33.6 Å². The number of anilines is 1. The summed E-state index contributed by atoms with van der Waals surface area (Å²) in [5, 5.41) is 4.14. The van der Waals surface area contributed by atoms with E-state index in [0.29, 0.717) is 10.5 Å². The standard InChI is InChI=1S/C18H16BrF4N5O2/c19-7-1-2-13(26-6-7)15(29)27-8-3-10(14(21)11(20)4-8)18(16(22)23,28-17(25)30)9-5-12(9)24/h1-4,6,9,12,16H,5,24H2,(H,27,29)(H3,25,28,30)/t9-,12+,18-/m0/s1. The van der Waals surface area contributed by atoms with Gasteiger partial charge >= 0.3 is 6.03 Å². The number of rotatable bonds is 6. The minimum Gasteiger partial charge on any atom is -0.352 e. The quantitative estimate of drug-likeness (QED) is 0.465. The molecule has 7 nitrogen and oxygen atoms in total. The average molecular weight is 490 g/mol. The van der Waals surface area contributed by atoms with E-state index >= 15 is 0 Å². The molecular weight excluding hydrogens is 474 g/mol. The minimum absolute atomic E-state index is 0.0328. The molecule has 12 heteroatoms. The molecular formula is C18H16BrF4N5O2. The average Bonchev–Trinajstić information content (AvgIpc) is 3.39. The Labute approximate surface area is 176 Å². The number of nitrogens with two attached hydrogens (primary N) is 2. The summed E-state index contributed by atoms with van der Waals surface area (Å²) in [5.41, 5.74) is 6.82. The van der Waals surface area contributed by atoms with E-state index in [0.717, 1.165) is 6.07 Å². The number of aromatic nitrogens is 1. The Hall–Kier alpha value is -2.73. The third-order valence-electron chi connectivity index (χ3n) is 4.79. The number of primary amides is 1. The van der Waals surface area contributed by atoms with Crippen molar-refractivity contribution in [1.82, 2.24) is 10.3 Å². The van der Waals surface area contributed by atoms with Crippen LogP contribution in [0.2, 0.25) is 0 Å². The molecule has 0 unspecified atom stereocenters.